The summed E-state index contributed by atoms with van der Waals surface area (Å²) in [5.74, 6) is -0.628. The van der Waals surface area contributed by atoms with E-state index in [0.717, 1.165) is 12.1 Å². The van der Waals surface area contributed by atoms with Gasteiger partial charge >= 0.3 is 6.18 Å². The maximum atomic E-state index is 12.7. The van der Waals surface area contributed by atoms with Gasteiger partial charge < -0.3 is 5.32 Å². The van der Waals surface area contributed by atoms with Gasteiger partial charge in [-0.1, -0.05) is 6.07 Å². The van der Waals surface area contributed by atoms with E-state index in [2.05, 4.69) is 20.8 Å². The fourth-order valence-electron chi connectivity index (χ4n) is 2.02. The van der Waals surface area contributed by atoms with Gasteiger partial charge in [-0.2, -0.15) is 13.2 Å². The molecular formula is C15H10F3N5O. The molecule has 0 atom stereocenters. The number of carbonyl (C=O) groups excluding carboxylic acids is 1. The molecule has 0 aliphatic rings. The zero-order valence-corrected chi connectivity index (χ0v) is 12.0. The van der Waals surface area contributed by atoms with Crippen molar-refractivity contribution in [2.75, 3.05) is 5.32 Å². The summed E-state index contributed by atoms with van der Waals surface area (Å²) in [7, 11) is 0. The average Bonchev–Trinajstić information content (AvgIpc) is 3.09. The maximum absolute atomic E-state index is 12.7. The highest BCUT2D eigenvalue weighted by Crippen LogP contribution is 2.29. The molecule has 1 N–H and O–H groups in total. The Morgan fingerprint density at radius 1 is 1.08 bits per heavy atom. The largest absolute Gasteiger partial charge is 0.416 e. The van der Waals surface area contributed by atoms with Crippen molar-refractivity contribution in [3.05, 3.63) is 66.0 Å². The monoisotopic (exact) mass is 333 g/mol. The lowest BCUT2D eigenvalue weighted by Crippen LogP contribution is -2.14. The molecule has 0 aliphatic heterocycles. The number of hydrogen-bond donors (Lipinski definition) is 1. The molecule has 1 amide bonds. The van der Waals surface area contributed by atoms with Crippen molar-refractivity contribution < 1.29 is 18.0 Å². The number of tetrazole rings is 1. The van der Waals surface area contributed by atoms with E-state index < -0.39 is 17.6 Å². The summed E-state index contributed by atoms with van der Waals surface area (Å²) in [4.78, 5) is 12.1. The lowest BCUT2D eigenvalue weighted by molar-refractivity contribution is -0.137. The number of amides is 1. The molecule has 0 aliphatic carbocycles. The zero-order chi connectivity index (χ0) is 17.2. The first-order chi connectivity index (χ1) is 11.4. The van der Waals surface area contributed by atoms with E-state index in [9.17, 15) is 18.0 Å². The van der Waals surface area contributed by atoms with Gasteiger partial charge in [0.25, 0.3) is 5.91 Å². The van der Waals surface area contributed by atoms with Crippen LogP contribution in [-0.2, 0) is 6.18 Å². The van der Waals surface area contributed by atoms with Gasteiger partial charge in [0.2, 0.25) is 0 Å². The van der Waals surface area contributed by atoms with E-state index >= 15 is 0 Å². The molecule has 2 aromatic carbocycles. The predicted molar refractivity (Wildman–Crippen MR) is 78.6 cm³/mol. The first-order valence-electron chi connectivity index (χ1n) is 6.75. The highest BCUT2D eigenvalue weighted by atomic mass is 19.4. The van der Waals surface area contributed by atoms with Crippen LogP contribution >= 0.6 is 0 Å². The summed E-state index contributed by atoms with van der Waals surface area (Å²) in [6.07, 6.45) is -3.08. The second-order valence-electron chi connectivity index (χ2n) is 4.83. The van der Waals surface area contributed by atoms with Crippen molar-refractivity contribution in [3.63, 3.8) is 0 Å². The average molecular weight is 333 g/mol. The highest BCUT2D eigenvalue weighted by molar-refractivity contribution is 6.04. The van der Waals surface area contributed by atoms with Gasteiger partial charge in [-0.25, -0.2) is 4.68 Å². The number of nitrogens with one attached hydrogen (secondary N) is 1. The van der Waals surface area contributed by atoms with E-state index in [-0.39, 0.29) is 5.56 Å². The van der Waals surface area contributed by atoms with Crippen LogP contribution in [0.15, 0.2) is 54.9 Å². The van der Waals surface area contributed by atoms with Gasteiger partial charge in [0.1, 0.15) is 6.33 Å². The van der Waals surface area contributed by atoms with Crippen LogP contribution in [0.3, 0.4) is 0 Å². The van der Waals surface area contributed by atoms with Gasteiger partial charge in [0, 0.05) is 11.3 Å². The Labute approximate surface area is 133 Å². The summed E-state index contributed by atoms with van der Waals surface area (Å²) in [5, 5.41) is 13.3. The van der Waals surface area contributed by atoms with Crippen LogP contribution in [0.4, 0.5) is 18.9 Å². The number of halogens is 3. The van der Waals surface area contributed by atoms with Crippen LogP contribution < -0.4 is 5.32 Å². The molecule has 1 aromatic heterocycles. The van der Waals surface area contributed by atoms with Gasteiger partial charge in [0.05, 0.1) is 11.3 Å². The number of benzene rings is 2. The van der Waals surface area contributed by atoms with Crippen LogP contribution in [-0.4, -0.2) is 26.1 Å². The second kappa shape index (κ2) is 6.11. The topological polar surface area (TPSA) is 72.7 Å². The minimum absolute atomic E-state index is 0.0747. The first kappa shape index (κ1) is 15.7. The molecule has 24 heavy (non-hydrogen) atoms. The Bertz CT molecular complexity index is 844. The Kier molecular flexibility index (Phi) is 3.98. The Morgan fingerprint density at radius 3 is 2.46 bits per heavy atom. The molecule has 122 valence electrons. The molecule has 0 fully saturated rings. The molecule has 0 unspecified atom stereocenters. The molecule has 3 aromatic rings. The van der Waals surface area contributed by atoms with Crippen molar-refractivity contribution in [2.45, 2.75) is 6.18 Å². The van der Waals surface area contributed by atoms with Crippen molar-refractivity contribution in [3.8, 4) is 5.69 Å². The quantitative estimate of drug-likeness (QED) is 0.800. The van der Waals surface area contributed by atoms with Gasteiger partial charge in [-0.15, -0.1) is 5.10 Å². The van der Waals surface area contributed by atoms with Gasteiger partial charge in [0.15, 0.2) is 0 Å². The van der Waals surface area contributed by atoms with E-state index in [1.807, 2.05) is 0 Å². The number of carbonyl (C=O) groups is 1. The molecule has 0 saturated heterocycles. The van der Waals surface area contributed by atoms with Crippen molar-refractivity contribution >= 4 is 11.6 Å². The summed E-state index contributed by atoms with van der Waals surface area (Å²) >= 11 is 0. The highest BCUT2D eigenvalue weighted by Gasteiger charge is 2.30. The lowest BCUT2D eigenvalue weighted by Gasteiger charge is -2.09. The molecule has 0 spiro atoms. The fraction of sp³-hybridized carbons (Fsp3) is 0.0667. The summed E-state index contributed by atoms with van der Waals surface area (Å²) in [6, 6.07) is 10.8. The zero-order valence-electron chi connectivity index (χ0n) is 12.0. The van der Waals surface area contributed by atoms with Crippen molar-refractivity contribution in [1.82, 2.24) is 20.2 Å². The normalized spacial score (nSPS) is 11.3. The molecule has 1 heterocycles. The van der Waals surface area contributed by atoms with E-state index in [1.165, 1.54) is 23.1 Å². The van der Waals surface area contributed by atoms with Crippen LogP contribution in [0, 0.1) is 0 Å². The first-order valence-corrected chi connectivity index (χ1v) is 6.75. The van der Waals surface area contributed by atoms with E-state index in [0.29, 0.717) is 11.4 Å². The molecule has 6 nitrogen and oxygen atoms in total. The third-order valence-electron chi connectivity index (χ3n) is 3.19. The van der Waals surface area contributed by atoms with E-state index in [4.69, 9.17) is 0 Å². The van der Waals surface area contributed by atoms with Gasteiger partial charge in [-0.3, -0.25) is 4.79 Å². The third kappa shape index (κ3) is 3.40. The number of hydrogen-bond acceptors (Lipinski definition) is 4. The van der Waals surface area contributed by atoms with E-state index in [1.54, 1.807) is 24.3 Å². The minimum atomic E-state index is -4.50. The fourth-order valence-corrected chi connectivity index (χ4v) is 2.02. The Morgan fingerprint density at radius 2 is 1.83 bits per heavy atom. The standard InChI is InChI=1S/C15H10F3N5O/c16-15(17,18)11-3-1-2-10(8-11)14(24)20-12-4-6-13(7-5-12)23-9-19-21-22-23/h1-9H,(H,20,24). The summed E-state index contributed by atoms with van der Waals surface area (Å²) in [6.45, 7) is 0. The van der Waals surface area contributed by atoms with Crippen LogP contribution in [0.1, 0.15) is 15.9 Å². The predicted octanol–water partition coefficient (Wildman–Crippen LogP) is 2.93. The minimum Gasteiger partial charge on any atom is -0.322 e. The maximum Gasteiger partial charge on any atom is 0.416 e. The number of alkyl halides is 3. The Balaban J connectivity index is 1.75. The summed E-state index contributed by atoms with van der Waals surface area (Å²) < 4.78 is 39.5. The molecule has 9 heteroatoms. The Hall–Kier alpha value is -3.23. The molecular weight excluding hydrogens is 323 g/mol. The second-order valence-corrected chi connectivity index (χ2v) is 4.83. The molecule has 0 saturated carbocycles. The van der Waals surface area contributed by atoms with Crippen molar-refractivity contribution in [1.29, 1.82) is 0 Å². The van der Waals surface area contributed by atoms with Crippen molar-refractivity contribution in [2.24, 2.45) is 0 Å². The van der Waals surface area contributed by atoms with Crippen LogP contribution in [0.25, 0.3) is 5.69 Å². The van der Waals surface area contributed by atoms with Crippen LogP contribution in [0.5, 0.6) is 0 Å². The lowest BCUT2D eigenvalue weighted by atomic mass is 10.1. The smallest absolute Gasteiger partial charge is 0.322 e. The molecule has 0 bridgehead atoms. The molecule has 3 rings (SSSR count). The number of aromatic nitrogens is 4. The SMILES string of the molecule is O=C(Nc1ccc(-n2cnnn2)cc1)c1cccc(C(F)(F)F)c1. The number of rotatable bonds is 3. The third-order valence-corrected chi connectivity index (χ3v) is 3.19. The summed E-state index contributed by atoms with van der Waals surface area (Å²) in [5.41, 5.74) is 0.171. The van der Waals surface area contributed by atoms with Gasteiger partial charge in [-0.05, 0) is 52.9 Å². The number of anilines is 1. The van der Waals surface area contributed by atoms with Crippen LogP contribution in [0.2, 0.25) is 0 Å². The number of nitrogens with zero attached hydrogens (tertiary/aromatic N) is 4. The molecule has 0 radical (unpaired) electrons.